The van der Waals surface area contributed by atoms with Gasteiger partial charge >= 0.3 is 24.7 Å². The first-order valence-electron chi connectivity index (χ1n) is 2.53. The summed E-state index contributed by atoms with van der Waals surface area (Å²) in [7, 11) is 0. The van der Waals surface area contributed by atoms with Crippen molar-refractivity contribution in [1.29, 1.82) is 0 Å². The Bertz CT molecular complexity index is 199. The third-order valence-electron chi connectivity index (χ3n) is 0.869. The van der Waals surface area contributed by atoms with Gasteiger partial charge in [0.1, 0.15) is 0 Å². The van der Waals surface area contributed by atoms with Crippen LogP contribution in [0.25, 0.3) is 0 Å². The summed E-state index contributed by atoms with van der Waals surface area (Å²) in [5, 5.41) is 0. The summed E-state index contributed by atoms with van der Waals surface area (Å²) in [5.74, 6) is -5.60. The first-order valence-corrected chi connectivity index (χ1v) is 2.53. The molecule has 0 spiro atoms. The summed E-state index contributed by atoms with van der Waals surface area (Å²) in [6.45, 7) is -4.26. The third kappa shape index (κ3) is 2.54. The van der Waals surface area contributed by atoms with Crippen LogP contribution in [-0.4, -0.2) is 24.7 Å². The van der Waals surface area contributed by atoms with Crippen LogP contribution < -0.4 is 0 Å². The predicted molar refractivity (Wildman–Crippen MR) is 23.1 cm³/mol. The molecule has 0 aromatic heterocycles. The van der Waals surface area contributed by atoms with Crippen LogP contribution in [-0.2, 0) is 9.53 Å². The van der Waals surface area contributed by atoms with Crippen molar-refractivity contribution in [2.75, 3.05) is 0 Å². The molecule has 78 valence electrons. The van der Waals surface area contributed by atoms with E-state index < -0.39 is 24.7 Å². The fourth-order valence-electron chi connectivity index (χ4n) is 0.347. The van der Waals surface area contributed by atoms with Gasteiger partial charge in [-0.3, -0.25) is 9.53 Å². The summed E-state index contributed by atoms with van der Waals surface area (Å²) >= 11 is 0. The normalized spacial score (nSPS) is 17.2. The topological polar surface area (TPSA) is 26.3 Å². The van der Waals surface area contributed by atoms with Crippen LogP contribution in [0.15, 0.2) is 0 Å². The minimum absolute atomic E-state index is 2.21. The summed E-state index contributed by atoms with van der Waals surface area (Å²) in [6, 6.07) is -3.68. The third-order valence-corrected chi connectivity index (χ3v) is 0.869. The quantitative estimate of drug-likeness (QED) is 0.530. The van der Waals surface area contributed by atoms with Crippen molar-refractivity contribution in [2.24, 2.45) is 0 Å². The molecular weight excluding hydrogens is 213 g/mol. The highest BCUT2D eigenvalue weighted by atomic mass is 19.4. The lowest BCUT2D eigenvalue weighted by Crippen LogP contribution is -2.49. The van der Waals surface area contributed by atoms with Crippen molar-refractivity contribution >= 4 is 6.04 Å². The molecule has 0 amide bonds. The van der Waals surface area contributed by atoms with Crippen molar-refractivity contribution in [3.8, 4) is 0 Å². The van der Waals surface area contributed by atoms with Gasteiger partial charge in [-0.25, -0.2) is 0 Å². The highest BCUT2D eigenvalue weighted by molar-refractivity contribution is 5.77. The fourth-order valence-corrected chi connectivity index (χ4v) is 0.347. The van der Waals surface area contributed by atoms with Crippen LogP contribution in [0.3, 0.4) is 0 Å². The molecule has 9 heteroatoms. The highest BCUT2D eigenvalue weighted by Gasteiger charge is 2.66. The van der Waals surface area contributed by atoms with Crippen molar-refractivity contribution < 1.29 is 40.3 Å². The van der Waals surface area contributed by atoms with Gasteiger partial charge in [0.15, 0.2) is 0 Å². The van der Waals surface area contributed by atoms with Crippen LogP contribution in [0, 0.1) is 0 Å². The number of carbonyl (C=O) groups excluding carboxylic acids is 1. The summed E-state index contributed by atoms with van der Waals surface area (Å²) < 4.78 is 82.3. The van der Waals surface area contributed by atoms with Crippen LogP contribution in [0.5, 0.6) is 0 Å². The Morgan fingerprint density at radius 3 is 1.62 bits per heavy atom. The zero-order valence-corrected chi connectivity index (χ0v) is 5.54. The SMILES string of the molecule is O=C(F)C(F)(OC(F)F)C(F)(F)F. The van der Waals surface area contributed by atoms with Gasteiger partial charge in [-0.15, -0.1) is 0 Å². The van der Waals surface area contributed by atoms with Gasteiger partial charge in [0.25, 0.3) is 0 Å². The molecule has 0 aromatic carbocycles. The van der Waals surface area contributed by atoms with Gasteiger partial charge in [0.05, 0.1) is 0 Å². The van der Waals surface area contributed by atoms with E-state index in [4.69, 9.17) is 0 Å². The average molecular weight is 214 g/mol. The van der Waals surface area contributed by atoms with Gasteiger partial charge < -0.3 is 0 Å². The first-order chi connectivity index (χ1) is 5.61. The molecule has 0 saturated carbocycles. The molecule has 0 aliphatic carbocycles. The summed E-state index contributed by atoms with van der Waals surface area (Å²) in [6.07, 6.45) is -6.19. The lowest BCUT2D eigenvalue weighted by atomic mass is 10.3. The minimum Gasteiger partial charge on any atom is -0.269 e. The fraction of sp³-hybridized carbons (Fsp3) is 0.750. The standard InChI is InChI=1S/C4HF7O2/c5-1(12)3(8,4(9,10)11)13-2(6)7/h2H. The Hall–Kier alpha value is -0.860. The second-order valence-electron chi connectivity index (χ2n) is 1.75. The molecule has 0 fully saturated rings. The minimum atomic E-state index is -6.19. The van der Waals surface area contributed by atoms with Crippen molar-refractivity contribution in [3.63, 3.8) is 0 Å². The molecule has 0 radical (unpaired) electrons. The first kappa shape index (κ1) is 12.1. The Balaban J connectivity index is 4.85. The number of alkyl halides is 6. The molecule has 0 heterocycles. The molecule has 0 bridgehead atoms. The second kappa shape index (κ2) is 3.48. The van der Waals surface area contributed by atoms with E-state index in [2.05, 4.69) is 4.74 Å². The maximum Gasteiger partial charge on any atom is 0.459 e. The van der Waals surface area contributed by atoms with Crippen LogP contribution in [0.4, 0.5) is 30.7 Å². The number of rotatable bonds is 3. The van der Waals surface area contributed by atoms with Crippen molar-refractivity contribution in [1.82, 2.24) is 0 Å². The highest BCUT2D eigenvalue weighted by Crippen LogP contribution is 2.37. The maximum absolute atomic E-state index is 12.1. The molecule has 0 N–H and O–H groups in total. The monoisotopic (exact) mass is 214 g/mol. The molecule has 1 atom stereocenters. The number of hydrogen-bond acceptors (Lipinski definition) is 2. The smallest absolute Gasteiger partial charge is 0.269 e. The van der Waals surface area contributed by atoms with E-state index in [1.165, 1.54) is 0 Å². The number of ether oxygens (including phenoxy) is 1. The average Bonchev–Trinajstić information content (AvgIpc) is 1.82. The zero-order valence-electron chi connectivity index (χ0n) is 5.54. The van der Waals surface area contributed by atoms with E-state index in [-0.39, 0.29) is 0 Å². The van der Waals surface area contributed by atoms with Gasteiger partial charge in [-0.1, -0.05) is 0 Å². The van der Waals surface area contributed by atoms with Gasteiger partial charge in [0.2, 0.25) is 0 Å². The molecule has 0 saturated heterocycles. The molecule has 13 heavy (non-hydrogen) atoms. The number of halogens is 7. The van der Waals surface area contributed by atoms with Crippen LogP contribution >= 0.6 is 0 Å². The van der Waals surface area contributed by atoms with Crippen LogP contribution in [0.2, 0.25) is 0 Å². The van der Waals surface area contributed by atoms with Crippen molar-refractivity contribution in [3.05, 3.63) is 0 Å². The predicted octanol–water partition coefficient (Wildman–Crippen LogP) is 1.95. The van der Waals surface area contributed by atoms with E-state index in [0.717, 1.165) is 0 Å². The summed E-state index contributed by atoms with van der Waals surface area (Å²) in [4.78, 5) is 9.43. The van der Waals surface area contributed by atoms with E-state index >= 15 is 0 Å². The lowest BCUT2D eigenvalue weighted by molar-refractivity contribution is -0.359. The maximum atomic E-state index is 12.1. The van der Waals surface area contributed by atoms with Gasteiger partial charge in [-0.05, 0) is 0 Å². The molecule has 0 aliphatic rings. The number of carbonyl (C=O) groups is 1. The van der Waals surface area contributed by atoms with E-state index in [0.29, 0.717) is 0 Å². The molecule has 1 unspecified atom stereocenters. The lowest BCUT2D eigenvalue weighted by Gasteiger charge is -2.22. The van der Waals surface area contributed by atoms with Gasteiger partial charge in [-0.2, -0.15) is 30.7 Å². The molecule has 0 rings (SSSR count). The molecule has 2 nitrogen and oxygen atoms in total. The Kier molecular flexibility index (Phi) is 3.25. The Morgan fingerprint density at radius 2 is 1.54 bits per heavy atom. The van der Waals surface area contributed by atoms with E-state index in [1.807, 2.05) is 0 Å². The van der Waals surface area contributed by atoms with E-state index in [1.54, 1.807) is 0 Å². The molecule has 0 aromatic rings. The molecule has 0 aliphatic heterocycles. The zero-order chi connectivity index (χ0) is 10.9. The Morgan fingerprint density at radius 1 is 1.15 bits per heavy atom. The second-order valence-corrected chi connectivity index (χ2v) is 1.75. The summed E-state index contributed by atoms with van der Waals surface area (Å²) in [5.41, 5.74) is 0. The Labute approximate surface area is 66.3 Å². The van der Waals surface area contributed by atoms with Crippen molar-refractivity contribution in [2.45, 2.75) is 18.6 Å². The molecular formula is C4HF7O2. The van der Waals surface area contributed by atoms with Crippen LogP contribution in [0.1, 0.15) is 0 Å². The number of hydrogen-bond donors (Lipinski definition) is 0. The van der Waals surface area contributed by atoms with E-state index in [9.17, 15) is 35.5 Å². The van der Waals surface area contributed by atoms with Gasteiger partial charge in [0, 0.05) is 0 Å². The largest absolute Gasteiger partial charge is 0.459 e.